The van der Waals surface area contributed by atoms with Crippen LogP contribution in [-0.2, 0) is 4.74 Å². The Balaban J connectivity index is 0. The van der Waals surface area contributed by atoms with Gasteiger partial charge in [-0.1, -0.05) is 6.92 Å². The monoisotopic (exact) mass is 364 g/mol. The first kappa shape index (κ1) is 23.5. The third-order valence-corrected chi connectivity index (χ3v) is 3.83. The Bertz CT molecular complexity index is 174. The average molecular weight is 365 g/mol. The van der Waals surface area contributed by atoms with Gasteiger partial charge >= 0.3 is 0 Å². The largest absolute Gasteiger partial charge is 0.396 e. The van der Waals surface area contributed by atoms with Crippen LogP contribution in [0.2, 0.25) is 0 Å². The molecule has 8 heteroatoms. The molecule has 0 aliphatic heterocycles. The first-order valence-corrected chi connectivity index (χ1v) is 8.56. The first-order valence-electron chi connectivity index (χ1n) is 6.50. The average Bonchev–Trinajstić information content (AvgIpc) is 2.42. The van der Waals surface area contributed by atoms with Gasteiger partial charge in [0.2, 0.25) is 0 Å². The molecule has 0 amide bonds. The van der Waals surface area contributed by atoms with Crippen molar-refractivity contribution in [1.29, 1.82) is 0 Å². The van der Waals surface area contributed by atoms with E-state index in [1.54, 1.807) is 0 Å². The van der Waals surface area contributed by atoms with Crippen LogP contribution in [0.5, 0.6) is 0 Å². The highest BCUT2D eigenvalue weighted by molar-refractivity contribution is 7.99. The van der Waals surface area contributed by atoms with Crippen LogP contribution in [0.1, 0.15) is 26.2 Å². The molecule has 0 unspecified atom stereocenters. The van der Waals surface area contributed by atoms with Gasteiger partial charge in [-0.3, -0.25) is 0 Å². The second kappa shape index (κ2) is 15.1. The molecule has 20 heavy (non-hydrogen) atoms. The number of hydrogen-bond donors (Lipinski definition) is 7. The zero-order chi connectivity index (χ0) is 16.0. The maximum Gasteiger partial charge on any atom is 0.0531 e. The molecule has 0 aromatic heterocycles. The molecular weight excluding hydrogens is 336 g/mol. The van der Waals surface area contributed by atoms with Crippen LogP contribution in [0.3, 0.4) is 0 Å². The van der Waals surface area contributed by atoms with E-state index in [1.807, 2.05) is 6.92 Å². The smallest absolute Gasteiger partial charge is 0.0531 e. The number of aliphatic hydroxyl groups excluding tert-OH is 3. The molecule has 0 saturated heterocycles. The van der Waals surface area contributed by atoms with Gasteiger partial charge in [0.05, 0.1) is 19.8 Å². The summed E-state index contributed by atoms with van der Waals surface area (Å²) in [6, 6.07) is 0. The van der Waals surface area contributed by atoms with Crippen LogP contribution < -0.4 is 0 Å². The molecule has 3 N–H and O–H groups in total. The van der Waals surface area contributed by atoms with Crippen molar-refractivity contribution in [2.75, 3.05) is 33.0 Å². The Morgan fingerprint density at radius 3 is 1.35 bits per heavy atom. The first-order chi connectivity index (χ1) is 9.37. The Hall–Kier alpha value is 1.24. The third kappa shape index (κ3) is 14.2. The molecule has 0 spiro atoms. The second-order valence-corrected chi connectivity index (χ2v) is 7.79. The lowest BCUT2D eigenvalue weighted by molar-refractivity contribution is 0.00304. The van der Waals surface area contributed by atoms with E-state index < -0.39 is 5.41 Å². The Morgan fingerprint density at radius 1 is 0.850 bits per heavy atom. The van der Waals surface area contributed by atoms with Gasteiger partial charge in [-0.05, 0) is 19.3 Å². The fourth-order valence-electron chi connectivity index (χ4n) is 0.965. The molecule has 0 saturated carbocycles. The van der Waals surface area contributed by atoms with Gasteiger partial charge in [0.15, 0.2) is 0 Å². The van der Waals surface area contributed by atoms with E-state index in [1.165, 1.54) is 0 Å². The van der Waals surface area contributed by atoms with Crippen molar-refractivity contribution >= 4 is 50.5 Å². The van der Waals surface area contributed by atoms with Gasteiger partial charge in [-0.15, -0.1) is 0 Å². The number of ether oxygens (including phenoxy) is 1. The Labute approximate surface area is 144 Å². The quantitative estimate of drug-likeness (QED) is 0.182. The number of thiol groups is 4. The van der Waals surface area contributed by atoms with E-state index in [2.05, 4.69) is 50.5 Å². The summed E-state index contributed by atoms with van der Waals surface area (Å²) in [4.78, 5) is 0. The predicted molar refractivity (Wildman–Crippen MR) is 97.6 cm³/mol. The fourth-order valence-corrected chi connectivity index (χ4v) is 1.39. The summed E-state index contributed by atoms with van der Waals surface area (Å²) < 4.78 is 5.51. The van der Waals surface area contributed by atoms with E-state index in [0.717, 1.165) is 12.8 Å². The molecule has 0 aromatic carbocycles. The van der Waals surface area contributed by atoms with Crippen molar-refractivity contribution in [3.63, 3.8) is 0 Å². The molecule has 0 aliphatic rings. The van der Waals surface area contributed by atoms with Crippen LogP contribution in [-0.4, -0.2) is 57.5 Å². The van der Waals surface area contributed by atoms with Crippen LogP contribution in [0.15, 0.2) is 0 Å². The lowest BCUT2D eigenvalue weighted by atomic mass is 9.88. The summed E-state index contributed by atoms with van der Waals surface area (Å²) in [5.41, 5.74) is -0.667. The minimum atomic E-state index is -0.667. The SMILES string of the molecule is CCC(CO)(CO)CO.SC(S)CCOCCC(S)S. The highest BCUT2D eigenvalue weighted by Gasteiger charge is 2.24. The summed E-state index contributed by atoms with van der Waals surface area (Å²) >= 11 is 16.4. The maximum atomic E-state index is 8.66. The van der Waals surface area contributed by atoms with Crippen LogP contribution in [0, 0.1) is 5.41 Å². The third-order valence-electron chi connectivity index (χ3n) is 2.80. The molecule has 4 nitrogen and oxygen atoms in total. The number of rotatable bonds is 10. The van der Waals surface area contributed by atoms with Crippen LogP contribution in [0.25, 0.3) is 0 Å². The van der Waals surface area contributed by atoms with Crippen molar-refractivity contribution in [1.82, 2.24) is 0 Å². The normalized spacial score (nSPS) is 11.7. The fraction of sp³-hybridized carbons (Fsp3) is 1.00. The van der Waals surface area contributed by atoms with E-state index >= 15 is 0 Å². The molecule has 0 rings (SSSR count). The lowest BCUT2D eigenvalue weighted by Crippen LogP contribution is -2.32. The highest BCUT2D eigenvalue weighted by Crippen LogP contribution is 2.18. The maximum absolute atomic E-state index is 8.66. The summed E-state index contributed by atoms with van der Waals surface area (Å²) in [7, 11) is 0. The van der Waals surface area contributed by atoms with E-state index in [0.29, 0.717) is 19.6 Å². The molecule has 0 heterocycles. The highest BCUT2D eigenvalue weighted by atomic mass is 32.2. The molecule has 0 aliphatic carbocycles. The van der Waals surface area contributed by atoms with Gasteiger partial charge in [-0.2, -0.15) is 50.5 Å². The van der Waals surface area contributed by atoms with Gasteiger partial charge in [-0.25, -0.2) is 0 Å². The lowest BCUT2D eigenvalue weighted by Gasteiger charge is -2.24. The summed E-state index contributed by atoms with van der Waals surface area (Å²) in [6.07, 6.45) is 2.34. The Morgan fingerprint density at radius 2 is 1.20 bits per heavy atom. The van der Waals surface area contributed by atoms with Crippen molar-refractivity contribution in [2.24, 2.45) is 5.41 Å². The molecule has 0 radical (unpaired) electrons. The molecule has 0 bridgehead atoms. The van der Waals surface area contributed by atoms with Gasteiger partial charge in [0.25, 0.3) is 0 Å². The molecular formula is C12H28O4S4. The Kier molecular flexibility index (Phi) is 17.8. The molecule has 0 aromatic rings. The van der Waals surface area contributed by atoms with Crippen molar-refractivity contribution in [3.05, 3.63) is 0 Å². The van der Waals surface area contributed by atoms with Gasteiger partial charge < -0.3 is 20.1 Å². The number of aliphatic hydroxyl groups is 3. The summed E-state index contributed by atoms with van der Waals surface area (Å²) in [5.74, 6) is 0. The number of hydrogen-bond acceptors (Lipinski definition) is 8. The van der Waals surface area contributed by atoms with Crippen molar-refractivity contribution < 1.29 is 20.1 Å². The molecule has 0 atom stereocenters. The molecule has 0 fully saturated rings. The van der Waals surface area contributed by atoms with E-state index in [9.17, 15) is 0 Å². The minimum Gasteiger partial charge on any atom is -0.396 e. The van der Waals surface area contributed by atoms with Gasteiger partial charge in [0, 0.05) is 27.8 Å². The topological polar surface area (TPSA) is 69.9 Å². The van der Waals surface area contributed by atoms with Crippen molar-refractivity contribution in [2.45, 2.75) is 35.4 Å². The van der Waals surface area contributed by atoms with Crippen molar-refractivity contribution in [3.8, 4) is 0 Å². The van der Waals surface area contributed by atoms with E-state index in [4.69, 9.17) is 20.1 Å². The summed E-state index contributed by atoms with van der Waals surface area (Å²) in [5, 5.41) is 26.0. The standard InChI is InChI=1S/C6H14O3.C6H14OS4/c1-2-6(3-7,4-8)5-9;8-5(9)1-3-7-4-2-6(10)11/h7-9H,2-5H2,1H3;5-6,8-11H,1-4H2. The van der Waals surface area contributed by atoms with Crippen LogP contribution in [0.4, 0.5) is 0 Å². The predicted octanol–water partition coefficient (Wildman–Crippen LogP) is 1.51. The van der Waals surface area contributed by atoms with Crippen LogP contribution >= 0.6 is 50.5 Å². The zero-order valence-electron chi connectivity index (χ0n) is 11.9. The van der Waals surface area contributed by atoms with Gasteiger partial charge in [0.1, 0.15) is 0 Å². The molecule has 124 valence electrons. The van der Waals surface area contributed by atoms with E-state index in [-0.39, 0.29) is 29.0 Å². The summed E-state index contributed by atoms with van der Waals surface area (Å²) in [6.45, 7) is 2.78. The minimum absolute atomic E-state index is 0.123. The zero-order valence-corrected chi connectivity index (χ0v) is 15.4. The second-order valence-electron chi connectivity index (χ2n) is 4.48.